The number of halogens is 1. The summed E-state index contributed by atoms with van der Waals surface area (Å²) in [4.78, 5) is 4.75. The average Bonchev–Trinajstić information content (AvgIpc) is 3.11. The molecule has 0 fully saturated rings. The van der Waals surface area contributed by atoms with Crippen molar-refractivity contribution in [2.75, 3.05) is 13.7 Å². The molecular weight excluding hydrogens is 355 g/mol. The Balaban J connectivity index is 1.50. The van der Waals surface area contributed by atoms with E-state index < -0.39 is 0 Å². The number of para-hydroxylation sites is 2. The Kier molecular flexibility index (Phi) is 5.24. The molecule has 3 aromatic carbocycles. The van der Waals surface area contributed by atoms with E-state index in [2.05, 4.69) is 10.6 Å². The highest BCUT2D eigenvalue weighted by atomic mass is 19.1. The first-order valence-corrected chi connectivity index (χ1v) is 9.22. The normalized spacial score (nSPS) is 10.9. The Bertz CT molecular complexity index is 1060. The van der Waals surface area contributed by atoms with Crippen molar-refractivity contribution >= 4 is 11.0 Å². The molecule has 0 radical (unpaired) electrons. The zero-order valence-corrected chi connectivity index (χ0v) is 15.6. The number of ether oxygens (including phenoxy) is 2. The molecule has 4 aromatic rings. The molecule has 0 spiro atoms. The van der Waals surface area contributed by atoms with Gasteiger partial charge in [-0.05, 0) is 67.1 Å². The van der Waals surface area contributed by atoms with Gasteiger partial charge in [-0.3, -0.25) is 0 Å². The van der Waals surface area contributed by atoms with E-state index in [1.807, 2.05) is 42.5 Å². The van der Waals surface area contributed by atoms with Gasteiger partial charge < -0.3 is 14.0 Å². The van der Waals surface area contributed by atoms with Gasteiger partial charge in [0.25, 0.3) is 0 Å². The molecule has 0 aliphatic heterocycles. The fraction of sp³-hybridized carbons (Fsp3) is 0.174. The molecule has 4 rings (SSSR count). The van der Waals surface area contributed by atoms with Crippen LogP contribution in [0.15, 0.2) is 72.8 Å². The zero-order chi connectivity index (χ0) is 19.3. The van der Waals surface area contributed by atoms with Crippen LogP contribution in [0.25, 0.3) is 22.4 Å². The first-order valence-electron chi connectivity index (χ1n) is 9.22. The van der Waals surface area contributed by atoms with Crippen molar-refractivity contribution in [3.63, 3.8) is 0 Å². The molecule has 0 aliphatic rings. The molecule has 5 heteroatoms. The fourth-order valence-electron chi connectivity index (χ4n) is 3.21. The largest absolute Gasteiger partial charge is 0.497 e. The standard InChI is InChI=1S/C23H21FN2O2/c1-27-19-11-13-20(14-12-19)28-16-4-15-26-22-6-3-2-5-21(22)25-23(26)17-7-9-18(24)10-8-17/h2-3,5-14H,4,15-16H2,1H3. The van der Waals surface area contributed by atoms with Crippen LogP contribution in [0.1, 0.15) is 6.42 Å². The molecule has 0 N–H and O–H groups in total. The van der Waals surface area contributed by atoms with Crippen LogP contribution in [0.4, 0.5) is 4.39 Å². The number of aromatic nitrogens is 2. The molecule has 0 unspecified atom stereocenters. The van der Waals surface area contributed by atoms with Crippen LogP contribution in [-0.4, -0.2) is 23.3 Å². The van der Waals surface area contributed by atoms with Crippen LogP contribution in [0.2, 0.25) is 0 Å². The highest BCUT2D eigenvalue weighted by Crippen LogP contribution is 2.25. The van der Waals surface area contributed by atoms with E-state index in [0.717, 1.165) is 46.9 Å². The van der Waals surface area contributed by atoms with Crippen LogP contribution < -0.4 is 9.47 Å². The molecule has 1 aromatic heterocycles. The first kappa shape index (κ1) is 18.0. The smallest absolute Gasteiger partial charge is 0.141 e. The summed E-state index contributed by atoms with van der Waals surface area (Å²) in [6.07, 6.45) is 0.820. The van der Waals surface area contributed by atoms with E-state index in [9.17, 15) is 4.39 Å². The summed E-state index contributed by atoms with van der Waals surface area (Å²) in [6.45, 7) is 1.34. The third kappa shape index (κ3) is 3.83. The Hall–Kier alpha value is -3.34. The van der Waals surface area contributed by atoms with E-state index >= 15 is 0 Å². The first-order chi connectivity index (χ1) is 13.7. The van der Waals surface area contributed by atoms with Gasteiger partial charge in [-0.1, -0.05) is 12.1 Å². The summed E-state index contributed by atoms with van der Waals surface area (Å²) in [6, 6.07) is 22.0. The van der Waals surface area contributed by atoms with Gasteiger partial charge in [-0.2, -0.15) is 0 Å². The maximum absolute atomic E-state index is 13.3. The monoisotopic (exact) mass is 376 g/mol. The number of rotatable bonds is 7. The van der Waals surface area contributed by atoms with Crippen LogP contribution >= 0.6 is 0 Å². The number of imidazole rings is 1. The lowest BCUT2D eigenvalue weighted by molar-refractivity contribution is 0.302. The Morgan fingerprint density at radius 3 is 2.36 bits per heavy atom. The average molecular weight is 376 g/mol. The van der Waals surface area contributed by atoms with E-state index in [1.54, 1.807) is 19.2 Å². The molecule has 1 heterocycles. The number of fused-ring (bicyclic) bond motifs is 1. The molecular formula is C23H21FN2O2. The van der Waals surface area contributed by atoms with Gasteiger partial charge in [-0.25, -0.2) is 9.37 Å². The summed E-state index contributed by atoms with van der Waals surface area (Å²) in [7, 11) is 1.64. The van der Waals surface area contributed by atoms with E-state index in [0.29, 0.717) is 6.61 Å². The molecule has 0 atom stereocenters. The quantitative estimate of drug-likeness (QED) is 0.410. The minimum absolute atomic E-state index is 0.251. The van der Waals surface area contributed by atoms with Crippen LogP contribution in [-0.2, 0) is 6.54 Å². The minimum Gasteiger partial charge on any atom is -0.497 e. The number of aryl methyl sites for hydroxylation is 1. The molecule has 0 saturated heterocycles. The van der Waals surface area contributed by atoms with Crippen LogP contribution in [0, 0.1) is 5.82 Å². The van der Waals surface area contributed by atoms with Crippen molar-refractivity contribution in [2.24, 2.45) is 0 Å². The Morgan fingerprint density at radius 2 is 1.61 bits per heavy atom. The fourth-order valence-corrected chi connectivity index (χ4v) is 3.21. The van der Waals surface area contributed by atoms with Gasteiger partial charge in [0.05, 0.1) is 24.8 Å². The lowest BCUT2D eigenvalue weighted by Gasteiger charge is -2.11. The maximum Gasteiger partial charge on any atom is 0.141 e. The number of methoxy groups -OCH3 is 1. The number of hydrogen-bond donors (Lipinski definition) is 0. The van der Waals surface area contributed by atoms with Crippen molar-refractivity contribution in [3.05, 3.63) is 78.6 Å². The lowest BCUT2D eigenvalue weighted by atomic mass is 10.2. The van der Waals surface area contributed by atoms with E-state index in [1.165, 1.54) is 12.1 Å². The SMILES string of the molecule is COc1ccc(OCCCn2c(-c3ccc(F)cc3)nc3ccccc32)cc1. The third-order valence-electron chi connectivity index (χ3n) is 4.61. The van der Waals surface area contributed by atoms with Gasteiger partial charge in [-0.15, -0.1) is 0 Å². The Morgan fingerprint density at radius 1 is 0.893 bits per heavy atom. The van der Waals surface area contributed by atoms with E-state index in [-0.39, 0.29) is 5.82 Å². The topological polar surface area (TPSA) is 36.3 Å². The zero-order valence-electron chi connectivity index (χ0n) is 15.6. The molecule has 28 heavy (non-hydrogen) atoms. The number of nitrogens with zero attached hydrogens (tertiary/aromatic N) is 2. The predicted octanol–water partition coefficient (Wildman–Crippen LogP) is 5.32. The number of hydrogen-bond acceptors (Lipinski definition) is 3. The second-order valence-electron chi connectivity index (χ2n) is 6.46. The molecule has 0 bridgehead atoms. The van der Waals surface area contributed by atoms with Crippen molar-refractivity contribution < 1.29 is 13.9 Å². The van der Waals surface area contributed by atoms with Gasteiger partial charge in [0.1, 0.15) is 23.1 Å². The van der Waals surface area contributed by atoms with Crippen molar-refractivity contribution in [1.82, 2.24) is 9.55 Å². The molecule has 0 aliphatic carbocycles. The van der Waals surface area contributed by atoms with Gasteiger partial charge in [0.2, 0.25) is 0 Å². The summed E-state index contributed by atoms with van der Waals surface area (Å²) >= 11 is 0. The maximum atomic E-state index is 13.3. The molecule has 0 saturated carbocycles. The summed E-state index contributed by atoms with van der Waals surface area (Å²) < 4.78 is 26.5. The lowest BCUT2D eigenvalue weighted by Crippen LogP contribution is -2.06. The van der Waals surface area contributed by atoms with Gasteiger partial charge in [0.15, 0.2) is 0 Å². The number of benzene rings is 3. The summed E-state index contributed by atoms with van der Waals surface area (Å²) in [5.41, 5.74) is 2.89. The second kappa shape index (κ2) is 8.13. The van der Waals surface area contributed by atoms with Gasteiger partial charge >= 0.3 is 0 Å². The summed E-state index contributed by atoms with van der Waals surface area (Å²) in [5, 5.41) is 0. The van der Waals surface area contributed by atoms with Crippen molar-refractivity contribution in [1.29, 1.82) is 0 Å². The highest BCUT2D eigenvalue weighted by Gasteiger charge is 2.12. The van der Waals surface area contributed by atoms with Crippen LogP contribution in [0.3, 0.4) is 0 Å². The van der Waals surface area contributed by atoms with Crippen molar-refractivity contribution in [2.45, 2.75) is 13.0 Å². The summed E-state index contributed by atoms with van der Waals surface area (Å²) in [5.74, 6) is 2.21. The molecule has 142 valence electrons. The van der Waals surface area contributed by atoms with Crippen molar-refractivity contribution in [3.8, 4) is 22.9 Å². The van der Waals surface area contributed by atoms with Gasteiger partial charge in [0, 0.05) is 12.1 Å². The Labute approximate surface area is 163 Å². The van der Waals surface area contributed by atoms with Crippen LogP contribution in [0.5, 0.6) is 11.5 Å². The predicted molar refractivity (Wildman–Crippen MR) is 108 cm³/mol. The molecule has 4 nitrogen and oxygen atoms in total. The molecule has 0 amide bonds. The highest BCUT2D eigenvalue weighted by molar-refractivity contribution is 5.80. The minimum atomic E-state index is -0.251. The third-order valence-corrected chi connectivity index (χ3v) is 4.61. The van der Waals surface area contributed by atoms with E-state index in [4.69, 9.17) is 14.5 Å². The second-order valence-corrected chi connectivity index (χ2v) is 6.46.